The highest BCUT2D eigenvalue weighted by molar-refractivity contribution is 7.89. The van der Waals surface area contributed by atoms with Gasteiger partial charge in [0.25, 0.3) is 0 Å². The Balaban J connectivity index is 1.44. The number of pyridine rings is 1. The van der Waals surface area contributed by atoms with Crippen LogP contribution in [0.15, 0.2) is 65.6 Å². The molecule has 9 nitrogen and oxygen atoms in total. The fourth-order valence-corrected chi connectivity index (χ4v) is 3.86. The van der Waals surface area contributed by atoms with E-state index in [9.17, 15) is 12.8 Å². The summed E-state index contributed by atoms with van der Waals surface area (Å²) in [4.78, 5) is 13.8. The van der Waals surface area contributed by atoms with E-state index in [2.05, 4.69) is 20.3 Å². The van der Waals surface area contributed by atoms with Crippen molar-refractivity contribution in [2.75, 3.05) is 18.5 Å². The maximum atomic E-state index is 13.3. The van der Waals surface area contributed by atoms with Crippen LogP contribution in [0.25, 0.3) is 22.3 Å². The SMILES string of the molecule is NS(=O)(=O)c1ccc(CNc2nc(OC3COC3)c3nc(-c4ccc(F)cc4)ccc3n2)cc1. The molecule has 0 saturated carbocycles. The molecule has 0 radical (unpaired) electrons. The summed E-state index contributed by atoms with van der Waals surface area (Å²) in [5.74, 6) is 0.320. The lowest BCUT2D eigenvalue weighted by Gasteiger charge is -2.26. The number of aromatic nitrogens is 3. The molecule has 0 amide bonds. The van der Waals surface area contributed by atoms with E-state index in [1.807, 2.05) is 0 Å². The quantitative estimate of drug-likeness (QED) is 0.412. The third kappa shape index (κ3) is 4.81. The van der Waals surface area contributed by atoms with Crippen LogP contribution in [0.3, 0.4) is 0 Å². The number of hydrogen-bond acceptors (Lipinski definition) is 8. The number of benzene rings is 2. The average molecular weight is 482 g/mol. The van der Waals surface area contributed by atoms with Crippen molar-refractivity contribution in [2.24, 2.45) is 5.14 Å². The highest BCUT2D eigenvalue weighted by Crippen LogP contribution is 2.28. The molecule has 5 rings (SSSR count). The number of rotatable bonds is 7. The van der Waals surface area contributed by atoms with E-state index in [-0.39, 0.29) is 16.8 Å². The maximum Gasteiger partial charge on any atom is 0.246 e. The van der Waals surface area contributed by atoms with E-state index in [0.29, 0.717) is 48.3 Å². The molecule has 3 N–H and O–H groups in total. The third-order valence-electron chi connectivity index (χ3n) is 5.24. The zero-order chi connectivity index (χ0) is 23.7. The molecule has 11 heteroatoms. The molecular weight excluding hydrogens is 461 g/mol. The molecule has 1 aliphatic heterocycles. The number of nitrogens with one attached hydrogen (secondary N) is 1. The molecule has 0 atom stereocenters. The average Bonchev–Trinajstić information content (AvgIpc) is 2.80. The predicted octanol–water partition coefficient (Wildman–Crippen LogP) is 2.87. The molecule has 0 aliphatic carbocycles. The van der Waals surface area contributed by atoms with Gasteiger partial charge in [0.2, 0.25) is 21.9 Å². The topological polar surface area (TPSA) is 129 Å². The summed E-state index contributed by atoms with van der Waals surface area (Å²) in [7, 11) is -3.75. The second kappa shape index (κ2) is 8.93. The van der Waals surface area contributed by atoms with Gasteiger partial charge in [0, 0.05) is 12.1 Å². The number of ether oxygens (including phenoxy) is 2. The van der Waals surface area contributed by atoms with Crippen molar-refractivity contribution in [3.63, 3.8) is 0 Å². The lowest BCUT2D eigenvalue weighted by atomic mass is 10.1. The molecule has 174 valence electrons. The lowest BCUT2D eigenvalue weighted by Crippen LogP contribution is -2.38. The zero-order valence-electron chi connectivity index (χ0n) is 17.8. The van der Waals surface area contributed by atoms with Gasteiger partial charge < -0.3 is 14.8 Å². The van der Waals surface area contributed by atoms with Gasteiger partial charge in [-0.2, -0.15) is 4.98 Å². The highest BCUT2D eigenvalue weighted by atomic mass is 32.2. The van der Waals surface area contributed by atoms with Gasteiger partial charge in [-0.25, -0.2) is 27.9 Å². The molecule has 0 bridgehead atoms. The fraction of sp³-hybridized carbons (Fsp3) is 0.174. The summed E-state index contributed by atoms with van der Waals surface area (Å²) in [6.07, 6.45) is -0.131. The van der Waals surface area contributed by atoms with Gasteiger partial charge in [0.05, 0.1) is 29.3 Å². The summed E-state index contributed by atoms with van der Waals surface area (Å²) >= 11 is 0. The summed E-state index contributed by atoms with van der Waals surface area (Å²) in [6, 6.07) is 15.9. The largest absolute Gasteiger partial charge is 0.468 e. The highest BCUT2D eigenvalue weighted by Gasteiger charge is 2.23. The van der Waals surface area contributed by atoms with Crippen molar-refractivity contribution < 1.29 is 22.3 Å². The molecule has 1 saturated heterocycles. The molecular formula is C23H20FN5O4S. The van der Waals surface area contributed by atoms with Crippen molar-refractivity contribution in [2.45, 2.75) is 17.5 Å². The van der Waals surface area contributed by atoms with Crippen LogP contribution >= 0.6 is 0 Å². The van der Waals surface area contributed by atoms with E-state index in [0.717, 1.165) is 11.1 Å². The number of nitrogens with two attached hydrogens (primary N) is 1. The summed E-state index contributed by atoms with van der Waals surface area (Å²) in [5, 5.41) is 8.27. The summed E-state index contributed by atoms with van der Waals surface area (Å²) in [6.45, 7) is 1.27. The normalized spacial score (nSPS) is 14.1. The first kappa shape index (κ1) is 22.1. The van der Waals surface area contributed by atoms with Gasteiger partial charge in [0.1, 0.15) is 11.9 Å². The Hall–Kier alpha value is -3.67. The van der Waals surface area contributed by atoms with Crippen molar-refractivity contribution in [1.82, 2.24) is 15.0 Å². The van der Waals surface area contributed by atoms with Gasteiger partial charge in [-0.3, -0.25) is 0 Å². The molecule has 1 fully saturated rings. The fourth-order valence-electron chi connectivity index (χ4n) is 3.35. The molecule has 3 heterocycles. The number of fused-ring (bicyclic) bond motifs is 1. The van der Waals surface area contributed by atoms with Crippen LogP contribution in [0.1, 0.15) is 5.56 Å². The molecule has 34 heavy (non-hydrogen) atoms. The first-order valence-corrected chi connectivity index (χ1v) is 11.9. The minimum absolute atomic E-state index is 0.0413. The first-order chi connectivity index (χ1) is 16.3. The number of halogens is 1. The van der Waals surface area contributed by atoms with Crippen molar-refractivity contribution in [1.29, 1.82) is 0 Å². The zero-order valence-corrected chi connectivity index (χ0v) is 18.6. The minimum atomic E-state index is -3.75. The van der Waals surface area contributed by atoms with Crippen LogP contribution in [0.2, 0.25) is 0 Å². The van der Waals surface area contributed by atoms with Gasteiger partial charge >= 0.3 is 0 Å². The standard InChI is InChI=1S/C23H20FN5O4S/c24-16-5-3-15(4-6-16)19-9-10-20-21(27-19)22(33-17-12-32-13-17)29-23(28-20)26-11-14-1-7-18(8-2-14)34(25,30)31/h1-10,17H,11-13H2,(H2,25,30,31)(H,26,28,29). The number of hydrogen-bond donors (Lipinski definition) is 2. The smallest absolute Gasteiger partial charge is 0.246 e. The Morgan fingerprint density at radius 3 is 2.38 bits per heavy atom. The van der Waals surface area contributed by atoms with Gasteiger partial charge in [0.15, 0.2) is 5.52 Å². The third-order valence-corrected chi connectivity index (χ3v) is 6.17. The maximum absolute atomic E-state index is 13.3. The predicted molar refractivity (Wildman–Crippen MR) is 123 cm³/mol. The Morgan fingerprint density at radius 2 is 1.74 bits per heavy atom. The molecule has 1 aliphatic rings. The number of anilines is 1. The van der Waals surface area contributed by atoms with Gasteiger partial charge in [-0.15, -0.1) is 0 Å². The van der Waals surface area contributed by atoms with Crippen LogP contribution in [0, 0.1) is 5.82 Å². The molecule has 0 unspecified atom stereocenters. The molecule has 2 aromatic heterocycles. The van der Waals surface area contributed by atoms with Crippen LogP contribution < -0.4 is 15.2 Å². The van der Waals surface area contributed by atoms with Crippen LogP contribution in [0.4, 0.5) is 10.3 Å². The van der Waals surface area contributed by atoms with Gasteiger partial charge in [-0.05, 0) is 54.1 Å². The van der Waals surface area contributed by atoms with E-state index >= 15 is 0 Å². The number of nitrogens with zero attached hydrogens (tertiary/aromatic N) is 3. The van der Waals surface area contributed by atoms with E-state index in [1.165, 1.54) is 24.3 Å². The Bertz CT molecular complexity index is 1440. The van der Waals surface area contributed by atoms with Crippen molar-refractivity contribution >= 4 is 27.0 Å². The van der Waals surface area contributed by atoms with Crippen molar-refractivity contribution in [3.05, 3.63) is 72.0 Å². The number of primary sulfonamides is 1. The van der Waals surface area contributed by atoms with E-state index < -0.39 is 10.0 Å². The van der Waals surface area contributed by atoms with E-state index in [4.69, 9.17) is 14.6 Å². The van der Waals surface area contributed by atoms with E-state index in [1.54, 1.807) is 36.4 Å². The monoisotopic (exact) mass is 481 g/mol. The van der Waals surface area contributed by atoms with Crippen molar-refractivity contribution in [3.8, 4) is 17.1 Å². The second-order valence-corrected chi connectivity index (χ2v) is 9.30. The first-order valence-electron chi connectivity index (χ1n) is 10.4. The second-order valence-electron chi connectivity index (χ2n) is 7.74. The Labute approximate surface area is 194 Å². The molecule has 0 spiro atoms. The minimum Gasteiger partial charge on any atom is -0.468 e. The van der Waals surface area contributed by atoms with Crippen LogP contribution in [0.5, 0.6) is 5.88 Å². The molecule has 2 aromatic carbocycles. The van der Waals surface area contributed by atoms with Crippen LogP contribution in [-0.4, -0.2) is 42.7 Å². The van der Waals surface area contributed by atoms with Gasteiger partial charge in [-0.1, -0.05) is 12.1 Å². The lowest BCUT2D eigenvalue weighted by molar-refractivity contribution is -0.0807. The molecule has 4 aromatic rings. The Morgan fingerprint density at radius 1 is 1.00 bits per heavy atom. The summed E-state index contributed by atoms with van der Waals surface area (Å²) < 4.78 is 47.4. The Kier molecular flexibility index (Phi) is 5.82. The summed E-state index contributed by atoms with van der Waals surface area (Å²) in [5.41, 5.74) is 3.27. The number of sulfonamides is 1. The van der Waals surface area contributed by atoms with Crippen LogP contribution in [-0.2, 0) is 21.3 Å².